The van der Waals surface area contributed by atoms with Crippen molar-refractivity contribution in [1.29, 1.82) is 0 Å². The smallest absolute Gasteiger partial charge is 0.328 e. The van der Waals surface area contributed by atoms with Crippen molar-refractivity contribution >= 4 is 17.8 Å². The monoisotopic (exact) mass is 467 g/mol. The molecule has 2 aromatic heterocycles. The van der Waals surface area contributed by atoms with Crippen LogP contribution in [0.5, 0.6) is 0 Å². The van der Waals surface area contributed by atoms with Crippen molar-refractivity contribution < 1.29 is 19.1 Å². The zero-order chi connectivity index (χ0) is 24.2. The first-order valence-electron chi connectivity index (χ1n) is 11.1. The number of aliphatic carboxylic acids is 1. The lowest BCUT2D eigenvalue weighted by atomic mass is 10.0. The largest absolute Gasteiger partial charge is 0.480 e. The van der Waals surface area contributed by atoms with Gasteiger partial charge in [-0.05, 0) is 53.5 Å². The van der Waals surface area contributed by atoms with E-state index in [1.807, 2.05) is 18.7 Å². The zero-order valence-electron chi connectivity index (χ0n) is 18.9. The van der Waals surface area contributed by atoms with E-state index in [1.165, 1.54) is 23.0 Å². The highest BCUT2D eigenvalue weighted by Crippen LogP contribution is 2.25. The number of nitrogens with one attached hydrogen (secondary N) is 1. The first-order valence-corrected chi connectivity index (χ1v) is 11.1. The number of pyridine rings is 1. The molecule has 0 bridgehead atoms. The first kappa shape index (κ1) is 23.3. The van der Waals surface area contributed by atoms with E-state index in [2.05, 4.69) is 25.8 Å². The average molecular weight is 468 g/mol. The lowest BCUT2D eigenvalue weighted by Gasteiger charge is -2.33. The SMILES string of the molecule is CC(C)C(C(=O)O)n1nnnc1N1CCC(NC(=O)c2ccc(-c3cccc(F)c3)nc2)CC1. The highest BCUT2D eigenvalue weighted by molar-refractivity contribution is 5.94. The van der Waals surface area contributed by atoms with Crippen LogP contribution in [0, 0.1) is 11.7 Å². The van der Waals surface area contributed by atoms with E-state index in [4.69, 9.17) is 0 Å². The first-order chi connectivity index (χ1) is 16.3. The fourth-order valence-corrected chi connectivity index (χ4v) is 4.09. The van der Waals surface area contributed by atoms with E-state index in [0.717, 1.165) is 0 Å². The molecule has 3 aromatic rings. The molecule has 2 N–H and O–H groups in total. The van der Waals surface area contributed by atoms with E-state index in [1.54, 1.807) is 24.3 Å². The van der Waals surface area contributed by atoms with Crippen molar-refractivity contribution in [2.45, 2.75) is 38.8 Å². The van der Waals surface area contributed by atoms with Crippen LogP contribution in [0.4, 0.5) is 10.3 Å². The third kappa shape index (κ3) is 5.03. The molecule has 1 aliphatic rings. The topological polar surface area (TPSA) is 126 Å². The number of hydrogen-bond donors (Lipinski definition) is 2. The Balaban J connectivity index is 1.35. The molecule has 11 heteroatoms. The number of aromatic nitrogens is 5. The molecule has 0 aliphatic carbocycles. The maximum absolute atomic E-state index is 13.4. The summed E-state index contributed by atoms with van der Waals surface area (Å²) in [5.41, 5.74) is 1.65. The predicted molar refractivity (Wildman–Crippen MR) is 122 cm³/mol. The number of piperidine rings is 1. The van der Waals surface area contributed by atoms with E-state index < -0.39 is 12.0 Å². The molecule has 178 valence electrons. The summed E-state index contributed by atoms with van der Waals surface area (Å²) in [6.07, 6.45) is 2.80. The summed E-state index contributed by atoms with van der Waals surface area (Å²) in [4.78, 5) is 30.6. The summed E-state index contributed by atoms with van der Waals surface area (Å²) in [6.45, 7) is 4.77. The molecule has 0 spiro atoms. The number of carbonyl (C=O) groups is 2. The molecule has 3 heterocycles. The third-order valence-electron chi connectivity index (χ3n) is 5.88. The number of carboxylic acids is 1. The molecule has 1 fully saturated rings. The number of amides is 1. The maximum Gasteiger partial charge on any atom is 0.328 e. The van der Waals surface area contributed by atoms with Crippen LogP contribution in [0.3, 0.4) is 0 Å². The Bertz CT molecular complexity index is 1160. The van der Waals surface area contributed by atoms with Gasteiger partial charge >= 0.3 is 5.97 Å². The van der Waals surface area contributed by atoms with Gasteiger partial charge < -0.3 is 15.3 Å². The van der Waals surface area contributed by atoms with Gasteiger partial charge in [0.15, 0.2) is 6.04 Å². The molecule has 4 rings (SSSR count). The number of hydrogen-bond acceptors (Lipinski definition) is 7. The minimum Gasteiger partial charge on any atom is -0.480 e. The standard InChI is InChI=1S/C23H26FN7O3/c1-14(2)20(22(33)34)31-23(27-28-29-31)30-10-8-18(9-11-30)26-21(32)16-6-7-19(25-13-16)15-4-3-5-17(24)12-15/h3-7,12-14,18,20H,8-11H2,1-2H3,(H,26,32)(H,33,34). The van der Waals surface area contributed by atoms with Gasteiger partial charge in [-0.15, -0.1) is 0 Å². The molecule has 1 aromatic carbocycles. The molecule has 0 saturated carbocycles. The second-order valence-corrected chi connectivity index (χ2v) is 8.63. The Hall–Kier alpha value is -3.89. The molecule has 10 nitrogen and oxygen atoms in total. The predicted octanol–water partition coefficient (Wildman–Crippen LogP) is 2.55. The second-order valence-electron chi connectivity index (χ2n) is 8.63. The summed E-state index contributed by atoms with van der Waals surface area (Å²) in [6, 6.07) is 8.60. The number of rotatable bonds is 7. The Morgan fingerprint density at radius 2 is 1.94 bits per heavy atom. The highest BCUT2D eigenvalue weighted by atomic mass is 19.1. The molecule has 34 heavy (non-hydrogen) atoms. The summed E-state index contributed by atoms with van der Waals surface area (Å²) < 4.78 is 14.8. The minimum absolute atomic E-state index is 0.0451. The number of carboxylic acid groups (broad SMARTS) is 1. The van der Waals surface area contributed by atoms with Gasteiger partial charge in [-0.2, -0.15) is 4.68 Å². The molecule has 1 amide bonds. The van der Waals surface area contributed by atoms with Crippen molar-refractivity contribution in [3.8, 4) is 11.3 Å². The van der Waals surface area contributed by atoms with Crippen molar-refractivity contribution in [2.24, 2.45) is 5.92 Å². The molecule has 1 aliphatic heterocycles. The lowest BCUT2D eigenvalue weighted by molar-refractivity contribution is -0.142. The van der Waals surface area contributed by atoms with E-state index in [0.29, 0.717) is 48.7 Å². The number of nitrogens with zero attached hydrogens (tertiary/aromatic N) is 6. The Morgan fingerprint density at radius 1 is 1.18 bits per heavy atom. The molecular formula is C23H26FN7O3. The fraction of sp³-hybridized carbons (Fsp3) is 0.391. The van der Waals surface area contributed by atoms with Gasteiger partial charge in [0.1, 0.15) is 5.82 Å². The van der Waals surface area contributed by atoms with Crippen LogP contribution in [0.25, 0.3) is 11.3 Å². The van der Waals surface area contributed by atoms with E-state index >= 15 is 0 Å². The van der Waals surface area contributed by atoms with Crippen molar-refractivity contribution in [2.75, 3.05) is 18.0 Å². The van der Waals surface area contributed by atoms with Gasteiger partial charge in [-0.3, -0.25) is 9.78 Å². The number of benzene rings is 1. The number of tetrazole rings is 1. The van der Waals surface area contributed by atoms with Crippen molar-refractivity contribution in [3.05, 3.63) is 54.0 Å². The fourth-order valence-electron chi connectivity index (χ4n) is 4.09. The van der Waals surface area contributed by atoms with Crippen LogP contribution in [-0.2, 0) is 4.79 Å². The van der Waals surface area contributed by atoms with E-state index in [-0.39, 0.29) is 23.7 Å². The van der Waals surface area contributed by atoms with Gasteiger partial charge in [0.05, 0.1) is 11.3 Å². The van der Waals surface area contributed by atoms with Gasteiger partial charge in [0.25, 0.3) is 5.91 Å². The minimum atomic E-state index is -0.984. The molecular weight excluding hydrogens is 441 g/mol. The third-order valence-corrected chi connectivity index (χ3v) is 5.88. The van der Waals surface area contributed by atoms with Gasteiger partial charge in [-0.25, -0.2) is 9.18 Å². The van der Waals surface area contributed by atoms with Crippen molar-refractivity contribution in [3.63, 3.8) is 0 Å². The van der Waals surface area contributed by atoms with Crippen LogP contribution >= 0.6 is 0 Å². The maximum atomic E-state index is 13.4. The van der Waals surface area contributed by atoms with Gasteiger partial charge in [0.2, 0.25) is 5.95 Å². The van der Waals surface area contributed by atoms with Gasteiger partial charge in [-0.1, -0.05) is 31.1 Å². The summed E-state index contributed by atoms with van der Waals surface area (Å²) >= 11 is 0. The summed E-state index contributed by atoms with van der Waals surface area (Å²) in [7, 11) is 0. The van der Waals surface area contributed by atoms with Crippen molar-refractivity contribution in [1.82, 2.24) is 30.5 Å². The van der Waals surface area contributed by atoms with Crippen LogP contribution in [0.15, 0.2) is 42.6 Å². The number of carbonyl (C=O) groups excluding carboxylic acids is 1. The van der Waals surface area contributed by atoms with E-state index in [9.17, 15) is 19.1 Å². The lowest BCUT2D eigenvalue weighted by Crippen LogP contribution is -2.46. The normalized spacial score (nSPS) is 15.4. The summed E-state index contributed by atoms with van der Waals surface area (Å²) in [5.74, 6) is -1.32. The van der Waals surface area contributed by atoms with Gasteiger partial charge in [0, 0.05) is 30.9 Å². The van der Waals surface area contributed by atoms with Crippen LogP contribution in [-0.4, -0.2) is 61.3 Å². The van der Waals surface area contributed by atoms with Crippen LogP contribution in [0.1, 0.15) is 43.1 Å². The highest BCUT2D eigenvalue weighted by Gasteiger charge is 2.31. The average Bonchev–Trinajstić information content (AvgIpc) is 3.28. The molecule has 0 radical (unpaired) electrons. The Kier molecular flexibility index (Phi) is 6.80. The molecule has 1 unspecified atom stereocenters. The number of halogens is 1. The zero-order valence-corrected chi connectivity index (χ0v) is 18.9. The molecule has 1 saturated heterocycles. The quantitative estimate of drug-likeness (QED) is 0.543. The number of anilines is 1. The Labute approximate surface area is 195 Å². The molecule has 1 atom stereocenters. The van der Waals surface area contributed by atoms with Crippen LogP contribution in [0.2, 0.25) is 0 Å². The Morgan fingerprint density at radius 3 is 2.56 bits per heavy atom. The summed E-state index contributed by atoms with van der Waals surface area (Å²) in [5, 5.41) is 24.2. The van der Waals surface area contributed by atoms with Crippen LogP contribution < -0.4 is 10.2 Å². The second kappa shape index (κ2) is 9.94.